The number of nitrogens with one attached hydrogen (secondary N) is 1. The first kappa shape index (κ1) is 19.8. The van der Waals surface area contributed by atoms with E-state index >= 15 is 0 Å². The molecule has 0 saturated carbocycles. The van der Waals surface area contributed by atoms with Crippen molar-refractivity contribution in [2.45, 2.75) is 32.6 Å². The fourth-order valence-corrected chi connectivity index (χ4v) is 3.92. The molecule has 6 heteroatoms. The molecule has 0 bridgehead atoms. The number of anilines is 1. The number of hydrogen-bond donors (Lipinski definition) is 1. The molecule has 3 rings (SSSR count). The number of benzene rings is 2. The molecular formula is C22H22N2O3S. The number of aryl methyl sites for hydroxylation is 4. The molecule has 0 fully saturated rings. The maximum atomic E-state index is 13.1. The standard InChI is InChI=1S/C22H22N2O3S/c1-14-5-7-19(8-6-14)28(26,27)24-21-12-16(3)15(2)11-20(21)22(25)18-9-10-23-17(4)13-18/h5-13,24H,1-4H3. The van der Waals surface area contributed by atoms with Gasteiger partial charge in [0.25, 0.3) is 10.0 Å². The number of nitrogens with zero attached hydrogens (tertiary/aromatic N) is 1. The van der Waals surface area contributed by atoms with Crippen molar-refractivity contribution in [1.29, 1.82) is 0 Å². The van der Waals surface area contributed by atoms with E-state index in [0.29, 0.717) is 11.1 Å². The van der Waals surface area contributed by atoms with Crippen LogP contribution in [-0.4, -0.2) is 19.2 Å². The van der Waals surface area contributed by atoms with Crippen molar-refractivity contribution in [3.63, 3.8) is 0 Å². The number of carbonyl (C=O) groups is 1. The fourth-order valence-electron chi connectivity index (χ4n) is 2.85. The maximum absolute atomic E-state index is 13.1. The third-order valence-corrected chi connectivity index (χ3v) is 5.99. The van der Waals surface area contributed by atoms with Crippen molar-refractivity contribution >= 4 is 21.5 Å². The van der Waals surface area contributed by atoms with Crippen molar-refractivity contribution in [3.05, 3.63) is 88.2 Å². The molecule has 0 aliphatic carbocycles. The van der Waals surface area contributed by atoms with Gasteiger partial charge < -0.3 is 0 Å². The summed E-state index contributed by atoms with van der Waals surface area (Å²) in [7, 11) is -3.82. The average Bonchev–Trinajstić information content (AvgIpc) is 2.64. The van der Waals surface area contributed by atoms with E-state index < -0.39 is 10.0 Å². The van der Waals surface area contributed by atoms with Gasteiger partial charge in [-0.15, -0.1) is 0 Å². The van der Waals surface area contributed by atoms with Crippen LogP contribution in [0.2, 0.25) is 0 Å². The lowest BCUT2D eigenvalue weighted by Crippen LogP contribution is -2.16. The quantitative estimate of drug-likeness (QED) is 0.653. The first-order valence-corrected chi connectivity index (χ1v) is 10.3. The number of pyridine rings is 1. The molecule has 1 N–H and O–H groups in total. The maximum Gasteiger partial charge on any atom is 0.261 e. The van der Waals surface area contributed by atoms with Gasteiger partial charge >= 0.3 is 0 Å². The van der Waals surface area contributed by atoms with Crippen LogP contribution in [0.3, 0.4) is 0 Å². The minimum absolute atomic E-state index is 0.148. The van der Waals surface area contributed by atoms with Gasteiger partial charge in [-0.1, -0.05) is 17.7 Å². The molecule has 0 spiro atoms. The van der Waals surface area contributed by atoms with E-state index in [0.717, 1.165) is 22.4 Å². The zero-order valence-corrected chi connectivity index (χ0v) is 17.1. The van der Waals surface area contributed by atoms with Crippen LogP contribution in [0.1, 0.15) is 38.3 Å². The second-order valence-electron chi connectivity index (χ2n) is 6.92. The topological polar surface area (TPSA) is 76.1 Å². The Labute approximate surface area is 165 Å². The molecule has 144 valence electrons. The molecule has 0 atom stereocenters. The molecule has 0 amide bonds. The predicted molar refractivity (Wildman–Crippen MR) is 110 cm³/mol. The Morgan fingerprint density at radius 1 is 0.893 bits per heavy atom. The van der Waals surface area contributed by atoms with E-state index in [1.54, 1.807) is 61.7 Å². The van der Waals surface area contributed by atoms with Crippen LogP contribution in [0.15, 0.2) is 59.6 Å². The normalized spacial score (nSPS) is 11.3. The van der Waals surface area contributed by atoms with E-state index in [4.69, 9.17) is 0 Å². The van der Waals surface area contributed by atoms with E-state index in [1.165, 1.54) is 0 Å². The van der Waals surface area contributed by atoms with Gasteiger partial charge in [-0.05, 0) is 75.2 Å². The molecule has 0 saturated heterocycles. The largest absolute Gasteiger partial charge is 0.289 e. The van der Waals surface area contributed by atoms with Crippen LogP contribution in [0.5, 0.6) is 0 Å². The molecule has 0 radical (unpaired) electrons. The summed E-state index contributed by atoms with van der Waals surface area (Å²) < 4.78 is 28.3. The molecule has 3 aromatic rings. The first-order chi connectivity index (χ1) is 13.2. The summed E-state index contributed by atoms with van der Waals surface area (Å²) in [5.41, 5.74) is 4.53. The van der Waals surface area contributed by atoms with Crippen LogP contribution < -0.4 is 4.72 Å². The average molecular weight is 394 g/mol. The summed E-state index contributed by atoms with van der Waals surface area (Å²) in [4.78, 5) is 17.3. The highest BCUT2D eigenvalue weighted by Gasteiger charge is 2.21. The van der Waals surface area contributed by atoms with Gasteiger partial charge in [0.05, 0.1) is 10.6 Å². The summed E-state index contributed by atoms with van der Waals surface area (Å²) in [5, 5.41) is 0. The summed E-state index contributed by atoms with van der Waals surface area (Å²) in [6.45, 7) is 7.46. The Kier molecular flexibility index (Phi) is 5.34. The van der Waals surface area contributed by atoms with E-state index in [-0.39, 0.29) is 16.4 Å². The highest BCUT2D eigenvalue weighted by Crippen LogP contribution is 2.26. The zero-order chi connectivity index (χ0) is 20.5. The van der Waals surface area contributed by atoms with Crippen LogP contribution >= 0.6 is 0 Å². The van der Waals surface area contributed by atoms with Crippen LogP contribution in [-0.2, 0) is 10.0 Å². The van der Waals surface area contributed by atoms with Gasteiger partial charge in [-0.2, -0.15) is 0 Å². The molecule has 28 heavy (non-hydrogen) atoms. The lowest BCUT2D eigenvalue weighted by molar-refractivity contribution is 0.103. The summed E-state index contributed by atoms with van der Waals surface area (Å²) in [6, 6.07) is 13.3. The summed E-state index contributed by atoms with van der Waals surface area (Å²) >= 11 is 0. The van der Waals surface area contributed by atoms with Gasteiger partial charge in [-0.25, -0.2) is 8.42 Å². The third kappa shape index (κ3) is 4.12. The SMILES string of the molecule is Cc1ccc(S(=O)(=O)Nc2cc(C)c(C)cc2C(=O)c2ccnc(C)c2)cc1. The van der Waals surface area contributed by atoms with E-state index in [2.05, 4.69) is 9.71 Å². The van der Waals surface area contributed by atoms with Crippen molar-refractivity contribution < 1.29 is 13.2 Å². The number of sulfonamides is 1. The monoisotopic (exact) mass is 394 g/mol. The molecule has 0 aliphatic rings. The molecule has 1 aromatic heterocycles. The highest BCUT2D eigenvalue weighted by molar-refractivity contribution is 7.92. The van der Waals surface area contributed by atoms with Crippen molar-refractivity contribution in [3.8, 4) is 0 Å². The second kappa shape index (κ2) is 7.56. The highest BCUT2D eigenvalue weighted by atomic mass is 32.2. The van der Waals surface area contributed by atoms with Crippen molar-refractivity contribution in [2.75, 3.05) is 4.72 Å². The predicted octanol–water partition coefficient (Wildman–Crippen LogP) is 4.35. The lowest BCUT2D eigenvalue weighted by Gasteiger charge is -2.15. The second-order valence-corrected chi connectivity index (χ2v) is 8.60. The minimum Gasteiger partial charge on any atom is -0.289 e. The molecule has 0 aliphatic heterocycles. The third-order valence-electron chi connectivity index (χ3n) is 4.61. The van der Waals surface area contributed by atoms with E-state index in [9.17, 15) is 13.2 Å². The molecule has 5 nitrogen and oxygen atoms in total. The smallest absolute Gasteiger partial charge is 0.261 e. The molecule has 2 aromatic carbocycles. The van der Waals surface area contributed by atoms with Crippen LogP contribution in [0, 0.1) is 27.7 Å². The number of hydrogen-bond acceptors (Lipinski definition) is 4. The number of ketones is 1. The Hall–Kier alpha value is -2.99. The van der Waals surface area contributed by atoms with Crippen molar-refractivity contribution in [2.24, 2.45) is 0 Å². The Bertz CT molecular complexity index is 1150. The molecular weight excluding hydrogens is 372 g/mol. The Morgan fingerprint density at radius 3 is 2.18 bits per heavy atom. The number of rotatable bonds is 5. The lowest BCUT2D eigenvalue weighted by atomic mass is 9.97. The molecule has 0 unspecified atom stereocenters. The number of carbonyl (C=O) groups excluding carboxylic acids is 1. The molecule has 1 heterocycles. The summed E-state index contributed by atoms with van der Waals surface area (Å²) in [5.74, 6) is -0.254. The van der Waals surface area contributed by atoms with Crippen LogP contribution in [0.4, 0.5) is 5.69 Å². The van der Waals surface area contributed by atoms with Gasteiger partial charge in [-0.3, -0.25) is 14.5 Å². The van der Waals surface area contributed by atoms with Crippen molar-refractivity contribution in [1.82, 2.24) is 4.98 Å². The minimum atomic E-state index is -3.82. The first-order valence-electron chi connectivity index (χ1n) is 8.85. The van der Waals surface area contributed by atoms with E-state index in [1.807, 2.05) is 20.8 Å². The zero-order valence-electron chi connectivity index (χ0n) is 16.3. The van der Waals surface area contributed by atoms with Gasteiger partial charge in [0.2, 0.25) is 0 Å². The van der Waals surface area contributed by atoms with Crippen LogP contribution in [0.25, 0.3) is 0 Å². The Morgan fingerprint density at radius 2 is 1.54 bits per heavy atom. The van der Waals surface area contributed by atoms with Gasteiger partial charge in [0.1, 0.15) is 0 Å². The Balaban J connectivity index is 2.07. The van der Waals surface area contributed by atoms with Gasteiger partial charge in [0, 0.05) is 23.0 Å². The summed E-state index contributed by atoms with van der Waals surface area (Å²) in [6.07, 6.45) is 1.57. The van der Waals surface area contributed by atoms with Gasteiger partial charge in [0.15, 0.2) is 5.78 Å². The number of aromatic nitrogens is 1. The fraction of sp³-hybridized carbons (Fsp3) is 0.182.